The van der Waals surface area contributed by atoms with Crippen molar-refractivity contribution in [3.8, 4) is 0 Å². The Hall–Kier alpha value is -0.380. The molecule has 2 nitrogen and oxygen atoms in total. The Labute approximate surface area is 102 Å². The molecule has 0 amide bonds. The smallest absolute Gasteiger partial charge is 0.0593 e. The SMILES string of the molecule is CCNC(CC1CCCCO1)c1ccsc1. The van der Waals surface area contributed by atoms with E-state index in [2.05, 4.69) is 29.1 Å². The van der Waals surface area contributed by atoms with E-state index >= 15 is 0 Å². The summed E-state index contributed by atoms with van der Waals surface area (Å²) in [5, 5.41) is 7.96. The molecule has 1 N–H and O–H groups in total. The van der Waals surface area contributed by atoms with Crippen molar-refractivity contribution in [1.82, 2.24) is 5.32 Å². The number of hydrogen-bond donors (Lipinski definition) is 1. The van der Waals surface area contributed by atoms with Crippen LogP contribution >= 0.6 is 11.3 Å². The second kappa shape index (κ2) is 6.38. The van der Waals surface area contributed by atoms with Crippen molar-refractivity contribution in [3.05, 3.63) is 22.4 Å². The van der Waals surface area contributed by atoms with Crippen LogP contribution in [0.4, 0.5) is 0 Å². The molecule has 2 atom stereocenters. The minimum Gasteiger partial charge on any atom is -0.378 e. The Morgan fingerprint density at radius 1 is 1.56 bits per heavy atom. The van der Waals surface area contributed by atoms with Crippen LogP contribution in [0.15, 0.2) is 16.8 Å². The lowest BCUT2D eigenvalue weighted by molar-refractivity contribution is 0.00516. The van der Waals surface area contributed by atoms with Gasteiger partial charge >= 0.3 is 0 Å². The van der Waals surface area contributed by atoms with Crippen molar-refractivity contribution in [2.45, 2.75) is 44.8 Å². The van der Waals surface area contributed by atoms with E-state index in [1.165, 1.54) is 24.8 Å². The molecule has 0 aromatic carbocycles. The molecule has 1 fully saturated rings. The topological polar surface area (TPSA) is 21.3 Å². The third kappa shape index (κ3) is 3.30. The van der Waals surface area contributed by atoms with Crippen molar-refractivity contribution in [2.24, 2.45) is 0 Å². The number of nitrogens with one attached hydrogen (secondary N) is 1. The maximum atomic E-state index is 5.82. The molecule has 2 unspecified atom stereocenters. The number of thiophene rings is 1. The summed E-state index contributed by atoms with van der Waals surface area (Å²) in [6.45, 7) is 4.14. The molecule has 2 heterocycles. The number of rotatable bonds is 5. The van der Waals surface area contributed by atoms with Gasteiger partial charge in [0, 0.05) is 12.6 Å². The van der Waals surface area contributed by atoms with Crippen LogP contribution < -0.4 is 5.32 Å². The summed E-state index contributed by atoms with van der Waals surface area (Å²) in [4.78, 5) is 0. The van der Waals surface area contributed by atoms with Crippen LogP contribution in [0.25, 0.3) is 0 Å². The van der Waals surface area contributed by atoms with Crippen LogP contribution in [0.2, 0.25) is 0 Å². The fraction of sp³-hybridized carbons (Fsp3) is 0.692. The van der Waals surface area contributed by atoms with Crippen molar-refractivity contribution in [1.29, 1.82) is 0 Å². The largest absolute Gasteiger partial charge is 0.378 e. The zero-order valence-electron chi connectivity index (χ0n) is 9.95. The van der Waals surface area contributed by atoms with Crippen molar-refractivity contribution in [3.63, 3.8) is 0 Å². The van der Waals surface area contributed by atoms with E-state index < -0.39 is 0 Å². The molecular weight excluding hydrogens is 218 g/mol. The van der Waals surface area contributed by atoms with Crippen LogP contribution in [-0.4, -0.2) is 19.3 Å². The van der Waals surface area contributed by atoms with Crippen LogP contribution in [0.1, 0.15) is 44.2 Å². The van der Waals surface area contributed by atoms with Gasteiger partial charge in [-0.2, -0.15) is 11.3 Å². The van der Waals surface area contributed by atoms with E-state index in [1.807, 2.05) is 0 Å². The van der Waals surface area contributed by atoms with Crippen LogP contribution in [-0.2, 0) is 4.74 Å². The molecule has 1 aliphatic heterocycles. The Bertz CT molecular complexity index is 280. The van der Waals surface area contributed by atoms with Crippen molar-refractivity contribution < 1.29 is 4.74 Å². The highest BCUT2D eigenvalue weighted by atomic mass is 32.1. The predicted molar refractivity (Wildman–Crippen MR) is 68.9 cm³/mol. The highest BCUT2D eigenvalue weighted by Crippen LogP contribution is 2.26. The fourth-order valence-corrected chi connectivity index (χ4v) is 3.03. The first kappa shape index (κ1) is 12.1. The zero-order chi connectivity index (χ0) is 11.2. The Morgan fingerprint density at radius 2 is 2.50 bits per heavy atom. The minimum absolute atomic E-state index is 0.456. The van der Waals surface area contributed by atoms with Gasteiger partial charge in [0.15, 0.2) is 0 Å². The third-order valence-electron chi connectivity index (χ3n) is 3.17. The van der Waals surface area contributed by atoms with Crippen LogP contribution in [0.3, 0.4) is 0 Å². The first-order valence-corrected chi connectivity index (χ1v) is 7.21. The third-order valence-corrected chi connectivity index (χ3v) is 3.87. The van der Waals surface area contributed by atoms with E-state index in [0.29, 0.717) is 12.1 Å². The quantitative estimate of drug-likeness (QED) is 0.850. The van der Waals surface area contributed by atoms with Crippen LogP contribution in [0.5, 0.6) is 0 Å². The van der Waals surface area contributed by atoms with Gasteiger partial charge in [0.25, 0.3) is 0 Å². The van der Waals surface area contributed by atoms with Gasteiger partial charge in [0.2, 0.25) is 0 Å². The molecule has 2 rings (SSSR count). The van der Waals surface area contributed by atoms with E-state index in [1.54, 1.807) is 11.3 Å². The molecule has 1 aromatic rings. The average molecular weight is 239 g/mol. The van der Waals surface area contributed by atoms with Crippen molar-refractivity contribution >= 4 is 11.3 Å². The monoisotopic (exact) mass is 239 g/mol. The lowest BCUT2D eigenvalue weighted by Crippen LogP contribution is -2.28. The molecule has 1 saturated heterocycles. The van der Waals surface area contributed by atoms with Gasteiger partial charge in [-0.1, -0.05) is 6.92 Å². The molecule has 0 spiro atoms. The predicted octanol–water partition coefficient (Wildman–Crippen LogP) is 3.36. The molecule has 0 saturated carbocycles. The first-order valence-electron chi connectivity index (χ1n) is 6.27. The van der Waals surface area contributed by atoms with Gasteiger partial charge in [-0.3, -0.25) is 0 Å². The van der Waals surface area contributed by atoms with E-state index in [9.17, 15) is 0 Å². The van der Waals surface area contributed by atoms with Gasteiger partial charge in [0.1, 0.15) is 0 Å². The van der Waals surface area contributed by atoms with Gasteiger partial charge in [0.05, 0.1) is 6.10 Å². The summed E-state index contributed by atoms with van der Waals surface area (Å²) >= 11 is 1.77. The molecule has 0 bridgehead atoms. The summed E-state index contributed by atoms with van der Waals surface area (Å²) in [6, 6.07) is 2.69. The first-order chi connectivity index (χ1) is 7.90. The molecule has 16 heavy (non-hydrogen) atoms. The van der Waals surface area contributed by atoms with Gasteiger partial charge < -0.3 is 10.1 Å². The Morgan fingerprint density at radius 3 is 3.12 bits per heavy atom. The molecular formula is C13H21NOS. The summed E-state index contributed by atoms with van der Waals surface area (Å²) < 4.78 is 5.82. The highest BCUT2D eigenvalue weighted by Gasteiger charge is 2.20. The van der Waals surface area contributed by atoms with Gasteiger partial charge in [-0.15, -0.1) is 0 Å². The molecule has 1 aromatic heterocycles. The zero-order valence-corrected chi connectivity index (χ0v) is 10.8. The molecule has 0 radical (unpaired) electrons. The Kier molecular flexibility index (Phi) is 4.82. The second-order valence-electron chi connectivity index (χ2n) is 4.39. The molecule has 0 aliphatic carbocycles. The standard InChI is InChI=1S/C13H21NOS/c1-2-14-13(11-6-8-16-10-11)9-12-5-3-4-7-15-12/h6,8,10,12-14H,2-5,7,9H2,1H3. The maximum absolute atomic E-state index is 5.82. The van der Waals surface area contributed by atoms with Crippen molar-refractivity contribution in [2.75, 3.05) is 13.2 Å². The number of ether oxygens (including phenoxy) is 1. The average Bonchev–Trinajstić information content (AvgIpc) is 2.83. The van der Waals surface area contributed by atoms with E-state index in [4.69, 9.17) is 4.74 Å². The van der Waals surface area contributed by atoms with Gasteiger partial charge in [-0.25, -0.2) is 0 Å². The molecule has 3 heteroatoms. The molecule has 1 aliphatic rings. The minimum atomic E-state index is 0.456. The Balaban J connectivity index is 1.91. The van der Waals surface area contributed by atoms with Crippen LogP contribution in [0, 0.1) is 0 Å². The normalized spacial score (nSPS) is 23.2. The van der Waals surface area contributed by atoms with E-state index in [0.717, 1.165) is 19.6 Å². The summed E-state index contributed by atoms with van der Waals surface area (Å²) in [6.07, 6.45) is 5.36. The van der Waals surface area contributed by atoms with E-state index in [-0.39, 0.29) is 0 Å². The maximum Gasteiger partial charge on any atom is 0.0593 e. The lowest BCUT2D eigenvalue weighted by Gasteiger charge is -2.27. The number of hydrogen-bond acceptors (Lipinski definition) is 3. The summed E-state index contributed by atoms with van der Waals surface area (Å²) in [5.41, 5.74) is 1.42. The fourth-order valence-electron chi connectivity index (χ4n) is 2.31. The molecule has 90 valence electrons. The second-order valence-corrected chi connectivity index (χ2v) is 5.17. The summed E-state index contributed by atoms with van der Waals surface area (Å²) in [7, 11) is 0. The van der Waals surface area contributed by atoms with Gasteiger partial charge in [-0.05, 0) is 54.6 Å². The lowest BCUT2D eigenvalue weighted by atomic mass is 9.98. The summed E-state index contributed by atoms with van der Waals surface area (Å²) in [5.74, 6) is 0. The highest BCUT2D eigenvalue weighted by molar-refractivity contribution is 7.07.